The van der Waals surface area contributed by atoms with E-state index in [4.69, 9.17) is 14.2 Å². The van der Waals surface area contributed by atoms with E-state index in [0.717, 1.165) is 70.2 Å². The van der Waals surface area contributed by atoms with Gasteiger partial charge in [-0.1, -0.05) is 0 Å². The number of hydrogen-bond donors (Lipinski definition) is 1. The minimum Gasteiger partial charge on any atom is -0.378 e. The Labute approximate surface area is 251 Å². The van der Waals surface area contributed by atoms with Crippen LogP contribution in [0, 0.1) is 5.92 Å². The van der Waals surface area contributed by atoms with E-state index < -0.39 is 30.3 Å². The van der Waals surface area contributed by atoms with E-state index in [0.29, 0.717) is 24.5 Å². The number of carbonyl (C=O) groups is 2. The molecule has 1 amide bonds. The van der Waals surface area contributed by atoms with E-state index in [9.17, 15) is 14.7 Å². The molecule has 9 heteroatoms. The normalized spacial score (nSPS) is 24.9. The molecule has 1 aromatic rings. The van der Waals surface area contributed by atoms with Gasteiger partial charge in [-0.05, 0) is 25.3 Å². The average Bonchev–Trinajstić information content (AvgIpc) is 3.55. The first-order chi connectivity index (χ1) is 19.7. The Morgan fingerprint density at radius 3 is 2.54 bits per heavy atom. The summed E-state index contributed by atoms with van der Waals surface area (Å²) >= 11 is -1.52. The number of ether oxygens (including phenoxy) is 3. The molecule has 0 aliphatic carbocycles. The van der Waals surface area contributed by atoms with Crippen LogP contribution < -0.4 is 27.9 Å². The number of aliphatic carboxylic acids is 1. The van der Waals surface area contributed by atoms with Crippen LogP contribution in [0.5, 0.6) is 11.5 Å². The molecule has 0 radical (unpaired) electrons. The van der Waals surface area contributed by atoms with Crippen LogP contribution in [0.2, 0.25) is 0 Å². The molecule has 2 fully saturated rings. The number of likely N-dealkylation sites (tertiary alicyclic amines) is 1. The number of nitrogens with zero attached hydrogens (tertiary/aromatic N) is 2. The number of unbranched alkanes of at least 4 members (excludes halogenated alkanes) is 2. The fourth-order valence-corrected chi connectivity index (χ4v) is 9.34. The zero-order valence-electron chi connectivity index (χ0n) is 25.6. The third-order valence-electron chi connectivity index (χ3n) is 8.77. The molecule has 1 unspecified atom stereocenters. The number of halogens is 1. The summed E-state index contributed by atoms with van der Waals surface area (Å²) in [6.45, 7) is 5.49. The fourth-order valence-electron chi connectivity index (χ4n) is 6.51. The van der Waals surface area contributed by atoms with Crippen molar-refractivity contribution in [1.82, 2.24) is 9.80 Å². The van der Waals surface area contributed by atoms with Crippen molar-refractivity contribution in [2.75, 3.05) is 58.8 Å². The Morgan fingerprint density at radius 2 is 1.83 bits per heavy atom. The third kappa shape index (κ3) is 9.20. The van der Waals surface area contributed by atoms with Gasteiger partial charge in [0.1, 0.15) is 0 Å². The molecule has 1 aromatic carbocycles. The summed E-state index contributed by atoms with van der Waals surface area (Å²) in [5.74, 6) is -0.142. The molecule has 1 N–H and O–H groups in total. The van der Waals surface area contributed by atoms with Crippen LogP contribution in [0.15, 0.2) is 18.2 Å². The topological polar surface area (TPSA) is 88.5 Å². The summed E-state index contributed by atoms with van der Waals surface area (Å²) in [6.07, 6.45) is 9.23. The Bertz CT molecular complexity index is 1010. The van der Waals surface area contributed by atoms with Gasteiger partial charge < -0.3 is 14.2 Å². The molecule has 3 heterocycles. The number of benzene rings is 1. The molecular formula is C32H52IN2O6-. The van der Waals surface area contributed by atoms with Crippen molar-refractivity contribution in [1.29, 1.82) is 0 Å². The number of rotatable bonds is 15. The molecule has 4 atom stereocenters. The van der Waals surface area contributed by atoms with Gasteiger partial charge in [0, 0.05) is 6.61 Å². The number of carboxylic acids is 1. The van der Waals surface area contributed by atoms with Crippen LogP contribution in [0.25, 0.3) is 0 Å². The Morgan fingerprint density at radius 1 is 1.05 bits per heavy atom. The quantitative estimate of drug-likeness (QED) is 0.171. The van der Waals surface area contributed by atoms with Crippen LogP contribution in [0.1, 0.15) is 76.2 Å². The van der Waals surface area contributed by atoms with Gasteiger partial charge in [-0.2, -0.15) is 0 Å². The second-order valence-corrected chi connectivity index (χ2v) is 24.8. The molecule has 234 valence electrons. The molecule has 0 saturated carbocycles. The van der Waals surface area contributed by atoms with Crippen molar-refractivity contribution in [3.63, 3.8) is 0 Å². The van der Waals surface area contributed by atoms with Gasteiger partial charge in [-0.25, -0.2) is 0 Å². The van der Waals surface area contributed by atoms with Crippen molar-refractivity contribution < 1.29 is 47.3 Å². The summed E-state index contributed by atoms with van der Waals surface area (Å²) in [6, 6.07) is 5.55. The van der Waals surface area contributed by atoms with E-state index >= 15 is 0 Å². The predicted molar refractivity (Wildman–Crippen MR) is 158 cm³/mol. The van der Waals surface area contributed by atoms with Gasteiger partial charge in [0.15, 0.2) is 11.5 Å². The van der Waals surface area contributed by atoms with Crippen LogP contribution in [-0.4, -0.2) is 97.7 Å². The fraction of sp³-hybridized carbons (Fsp3) is 0.750. The third-order valence-corrected chi connectivity index (χ3v) is 12.8. The maximum absolute atomic E-state index is 13.8. The van der Waals surface area contributed by atoms with Gasteiger partial charge in [0.2, 0.25) is 6.79 Å². The van der Waals surface area contributed by atoms with Crippen molar-refractivity contribution in [2.45, 2.75) is 82.8 Å². The second kappa shape index (κ2) is 15.2. The zero-order valence-corrected chi connectivity index (χ0v) is 27.8. The summed E-state index contributed by atoms with van der Waals surface area (Å²) in [4.78, 5) is 38.2. The van der Waals surface area contributed by atoms with E-state index in [-0.39, 0.29) is 37.3 Å². The monoisotopic (exact) mass is 687 g/mol. The number of carbonyl (C=O) groups excluding carboxylic acids is 1. The van der Waals surface area contributed by atoms with Gasteiger partial charge in [-0.3, -0.25) is 0 Å². The number of alkyl halides is 4. The molecule has 3 aliphatic heterocycles. The second-order valence-electron chi connectivity index (χ2n) is 12.7. The van der Waals surface area contributed by atoms with Crippen LogP contribution in [-0.2, 0) is 14.3 Å². The van der Waals surface area contributed by atoms with Crippen LogP contribution in [0.3, 0.4) is 0 Å². The van der Waals surface area contributed by atoms with Gasteiger partial charge >= 0.3 is 187 Å². The SMILES string of the molecule is CCCCN(CCCC[I-](C)(C)C)C(=O)CN1C[C@H](c2ccc3c(c2)OCO3)[C@@H](C(=O)O)[C@@H]1CCC1CCCCO1. The minimum absolute atomic E-state index is 0.129. The molecule has 4 rings (SSSR count). The zero-order chi connectivity index (χ0) is 29.4. The summed E-state index contributed by atoms with van der Waals surface area (Å²) in [5.41, 5.74) is 0.936. The number of carboxylic acid groups (broad SMARTS) is 1. The summed E-state index contributed by atoms with van der Waals surface area (Å²) in [7, 11) is 0. The van der Waals surface area contributed by atoms with Crippen molar-refractivity contribution >= 4 is 11.9 Å². The van der Waals surface area contributed by atoms with Crippen LogP contribution in [0.4, 0.5) is 0 Å². The first-order valence-corrected chi connectivity index (χ1v) is 23.5. The number of fused-ring (bicyclic) bond motifs is 1. The van der Waals surface area contributed by atoms with Crippen molar-refractivity contribution in [3.05, 3.63) is 23.8 Å². The molecule has 2 saturated heterocycles. The van der Waals surface area contributed by atoms with Crippen molar-refractivity contribution in [2.24, 2.45) is 5.92 Å². The summed E-state index contributed by atoms with van der Waals surface area (Å²) < 4.78 is 18.4. The van der Waals surface area contributed by atoms with E-state index in [2.05, 4.69) is 26.6 Å². The molecule has 3 aliphatic rings. The number of hydrogen-bond acceptors (Lipinski definition) is 6. The van der Waals surface area contributed by atoms with E-state index in [1.165, 1.54) is 10.8 Å². The Hall–Kier alpha value is -1.59. The first-order valence-electron chi connectivity index (χ1n) is 15.5. The molecule has 0 bridgehead atoms. The molecule has 41 heavy (non-hydrogen) atoms. The van der Waals surface area contributed by atoms with Gasteiger partial charge in [0.05, 0.1) is 0 Å². The molecular weight excluding hydrogens is 635 g/mol. The average molecular weight is 688 g/mol. The first kappa shape index (κ1) is 32.3. The standard InChI is InChI=1S/C32H52IN2O6/c1-5-6-17-34(18-9-8-16-33(2,3)4)30(36)22-35-21-26(24-12-15-28-29(20-24)41-23-40-28)31(32(37)38)27(35)14-13-25-11-7-10-19-39-25/h12,15,20,25-27,31H,5-11,13-14,16-19,21-23H2,1-4H3,(H,37,38)/q-1/t25?,26-,27+,31-/m1/s1. The predicted octanol–water partition coefficient (Wildman–Crippen LogP) is 1.69. The number of amides is 1. The minimum atomic E-state index is -1.52. The van der Waals surface area contributed by atoms with Gasteiger partial charge in [-0.15, -0.1) is 0 Å². The molecule has 0 aromatic heterocycles. The summed E-state index contributed by atoms with van der Waals surface area (Å²) in [5, 5.41) is 10.5. The molecule has 8 nitrogen and oxygen atoms in total. The van der Waals surface area contributed by atoms with E-state index in [1.54, 1.807) is 0 Å². The van der Waals surface area contributed by atoms with Crippen molar-refractivity contribution in [3.8, 4) is 11.5 Å². The maximum atomic E-state index is 13.8. The molecule has 0 spiro atoms. The van der Waals surface area contributed by atoms with E-state index in [1.807, 2.05) is 23.1 Å². The Balaban J connectivity index is 1.51. The Kier molecular flexibility index (Phi) is 12.0. The van der Waals surface area contributed by atoms with Crippen LogP contribution >= 0.6 is 0 Å². The van der Waals surface area contributed by atoms with Gasteiger partial charge in [0.25, 0.3) is 0 Å². The smallest absolute Gasteiger partial charge is 0.378 e.